The van der Waals surface area contributed by atoms with E-state index in [9.17, 15) is 4.79 Å². The van der Waals surface area contributed by atoms with E-state index in [0.29, 0.717) is 12.5 Å². The van der Waals surface area contributed by atoms with Crippen LogP contribution in [0.2, 0.25) is 0 Å². The Labute approximate surface area is 102 Å². The summed E-state index contributed by atoms with van der Waals surface area (Å²) in [5.74, 6) is 0.941. The number of aryl methyl sites for hydroxylation is 1. The summed E-state index contributed by atoms with van der Waals surface area (Å²) in [6.07, 6.45) is 1.52. The lowest BCUT2D eigenvalue weighted by Gasteiger charge is -2.37. The van der Waals surface area contributed by atoms with Crippen LogP contribution in [0, 0.1) is 5.92 Å². The Hall–Kier alpha value is -1.35. The summed E-state index contributed by atoms with van der Waals surface area (Å²) in [6, 6.07) is 7.02. The third-order valence-electron chi connectivity index (χ3n) is 4.04. The number of benzene rings is 1. The maximum atomic E-state index is 11.6. The van der Waals surface area contributed by atoms with E-state index in [0.717, 1.165) is 24.6 Å². The second-order valence-electron chi connectivity index (χ2n) is 5.20. The molecule has 2 unspecified atom stereocenters. The molecular formula is C14H18N2O. The van der Waals surface area contributed by atoms with E-state index in [4.69, 9.17) is 0 Å². The van der Waals surface area contributed by atoms with Crippen LogP contribution >= 0.6 is 0 Å². The van der Waals surface area contributed by atoms with Crippen molar-refractivity contribution in [1.82, 2.24) is 5.32 Å². The molecule has 3 rings (SSSR count). The molecule has 1 aromatic carbocycles. The highest BCUT2D eigenvalue weighted by Crippen LogP contribution is 2.34. The van der Waals surface area contributed by atoms with Gasteiger partial charge in [-0.1, -0.05) is 19.1 Å². The minimum atomic E-state index is 0.223. The average molecular weight is 230 g/mol. The molecule has 2 aliphatic heterocycles. The van der Waals surface area contributed by atoms with Crippen molar-refractivity contribution >= 4 is 11.6 Å². The number of nitrogens with one attached hydrogen (secondary N) is 1. The number of anilines is 1. The highest BCUT2D eigenvalue weighted by Gasteiger charge is 2.29. The zero-order valence-corrected chi connectivity index (χ0v) is 10.4. The Balaban J connectivity index is 1.94. The van der Waals surface area contributed by atoms with Gasteiger partial charge in [0, 0.05) is 31.7 Å². The predicted octanol–water partition coefficient (Wildman–Crippen LogP) is 1.88. The zero-order valence-electron chi connectivity index (χ0n) is 10.4. The molecule has 2 atom stereocenters. The first-order chi connectivity index (χ1) is 8.16. The van der Waals surface area contributed by atoms with Crippen LogP contribution in [0.15, 0.2) is 18.2 Å². The van der Waals surface area contributed by atoms with Gasteiger partial charge in [0.25, 0.3) is 0 Å². The van der Waals surface area contributed by atoms with Crippen molar-refractivity contribution in [2.45, 2.75) is 25.8 Å². The molecule has 17 heavy (non-hydrogen) atoms. The molecule has 0 radical (unpaired) electrons. The second-order valence-corrected chi connectivity index (χ2v) is 5.20. The van der Waals surface area contributed by atoms with Gasteiger partial charge in [-0.05, 0) is 29.5 Å². The fourth-order valence-electron chi connectivity index (χ4n) is 2.79. The van der Waals surface area contributed by atoms with Gasteiger partial charge < -0.3 is 10.2 Å². The minimum Gasteiger partial charge on any atom is -0.315 e. The molecular weight excluding hydrogens is 212 g/mol. The number of nitrogens with zero attached hydrogens (tertiary/aromatic N) is 1. The highest BCUT2D eigenvalue weighted by atomic mass is 16.2. The van der Waals surface area contributed by atoms with Gasteiger partial charge in [0.2, 0.25) is 5.91 Å². The molecule has 0 aromatic heterocycles. The van der Waals surface area contributed by atoms with Crippen LogP contribution in [0.3, 0.4) is 0 Å². The van der Waals surface area contributed by atoms with E-state index in [1.807, 2.05) is 7.05 Å². The topological polar surface area (TPSA) is 32.3 Å². The van der Waals surface area contributed by atoms with Gasteiger partial charge in [-0.2, -0.15) is 0 Å². The Morgan fingerprint density at radius 2 is 2.18 bits per heavy atom. The first-order valence-electron chi connectivity index (χ1n) is 6.29. The maximum Gasteiger partial charge on any atom is 0.227 e. The summed E-state index contributed by atoms with van der Waals surface area (Å²) in [6.45, 7) is 3.39. The standard InChI is InChI=1S/C14H18N2O/c1-9-8-15-14(9)11-3-5-12-10(7-11)4-6-13(17)16(12)2/h3,5,7,9,14-15H,4,6,8H2,1-2H3. The van der Waals surface area contributed by atoms with Crippen molar-refractivity contribution in [1.29, 1.82) is 0 Å². The maximum absolute atomic E-state index is 11.6. The van der Waals surface area contributed by atoms with Gasteiger partial charge in [-0.3, -0.25) is 4.79 Å². The van der Waals surface area contributed by atoms with Gasteiger partial charge in [0.15, 0.2) is 0 Å². The third-order valence-corrected chi connectivity index (χ3v) is 4.04. The second kappa shape index (κ2) is 3.84. The summed E-state index contributed by atoms with van der Waals surface area (Å²) >= 11 is 0. The van der Waals surface area contributed by atoms with Crippen molar-refractivity contribution in [2.24, 2.45) is 5.92 Å². The normalized spacial score (nSPS) is 27.6. The van der Waals surface area contributed by atoms with Crippen LogP contribution < -0.4 is 10.2 Å². The number of amides is 1. The molecule has 1 saturated heterocycles. The molecule has 0 saturated carbocycles. The van der Waals surface area contributed by atoms with E-state index >= 15 is 0 Å². The zero-order chi connectivity index (χ0) is 12.0. The van der Waals surface area contributed by atoms with Gasteiger partial charge in [-0.15, -0.1) is 0 Å². The number of carbonyl (C=O) groups excluding carboxylic acids is 1. The van der Waals surface area contributed by atoms with E-state index in [1.165, 1.54) is 11.1 Å². The minimum absolute atomic E-state index is 0.223. The SMILES string of the molecule is CC1CNC1c1ccc2c(c1)CCC(=O)N2C. The summed E-state index contributed by atoms with van der Waals surface area (Å²) in [5.41, 5.74) is 3.76. The van der Waals surface area contributed by atoms with Crippen LogP contribution in [-0.4, -0.2) is 19.5 Å². The Morgan fingerprint density at radius 3 is 2.82 bits per heavy atom. The quantitative estimate of drug-likeness (QED) is 0.799. The first-order valence-corrected chi connectivity index (χ1v) is 6.29. The number of hydrogen-bond acceptors (Lipinski definition) is 2. The highest BCUT2D eigenvalue weighted by molar-refractivity contribution is 5.95. The summed E-state index contributed by atoms with van der Waals surface area (Å²) in [7, 11) is 1.87. The monoisotopic (exact) mass is 230 g/mol. The van der Waals surface area contributed by atoms with Gasteiger partial charge in [-0.25, -0.2) is 0 Å². The van der Waals surface area contributed by atoms with Crippen LogP contribution in [0.1, 0.15) is 30.5 Å². The Bertz CT molecular complexity index is 469. The Morgan fingerprint density at radius 1 is 1.35 bits per heavy atom. The lowest BCUT2D eigenvalue weighted by Crippen LogP contribution is -2.44. The van der Waals surface area contributed by atoms with Crippen molar-refractivity contribution in [3.05, 3.63) is 29.3 Å². The summed E-state index contributed by atoms with van der Waals surface area (Å²) in [4.78, 5) is 13.4. The smallest absolute Gasteiger partial charge is 0.227 e. The fourth-order valence-corrected chi connectivity index (χ4v) is 2.79. The molecule has 1 aromatic rings. The van der Waals surface area contributed by atoms with Crippen molar-refractivity contribution in [2.75, 3.05) is 18.5 Å². The molecule has 0 spiro atoms. The molecule has 90 valence electrons. The number of carbonyl (C=O) groups is 1. The van der Waals surface area contributed by atoms with Gasteiger partial charge in [0.05, 0.1) is 0 Å². The van der Waals surface area contributed by atoms with E-state index in [2.05, 4.69) is 30.4 Å². The predicted molar refractivity (Wildman–Crippen MR) is 68.1 cm³/mol. The van der Waals surface area contributed by atoms with Crippen molar-refractivity contribution in [3.63, 3.8) is 0 Å². The molecule has 2 heterocycles. The van der Waals surface area contributed by atoms with E-state index in [1.54, 1.807) is 4.90 Å². The molecule has 1 fully saturated rings. The molecule has 3 nitrogen and oxygen atoms in total. The molecule has 0 aliphatic carbocycles. The van der Waals surface area contributed by atoms with Crippen molar-refractivity contribution < 1.29 is 4.79 Å². The molecule has 2 aliphatic rings. The van der Waals surface area contributed by atoms with E-state index < -0.39 is 0 Å². The van der Waals surface area contributed by atoms with Crippen molar-refractivity contribution in [3.8, 4) is 0 Å². The number of fused-ring (bicyclic) bond motifs is 1. The van der Waals surface area contributed by atoms with Crippen LogP contribution in [-0.2, 0) is 11.2 Å². The third kappa shape index (κ3) is 1.65. The van der Waals surface area contributed by atoms with Gasteiger partial charge >= 0.3 is 0 Å². The Kier molecular flexibility index (Phi) is 2.44. The largest absolute Gasteiger partial charge is 0.315 e. The van der Waals surface area contributed by atoms with E-state index in [-0.39, 0.29) is 5.91 Å². The molecule has 1 N–H and O–H groups in total. The molecule has 1 amide bonds. The van der Waals surface area contributed by atoms with Crippen LogP contribution in [0.4, 0.5) is 5.69 Å². The van der Waals surface area contributed by atoms with Crippen LogP contribution in [0.25, 0.3) is 0 Å². The summed E-state index contributed by atoms with van der Waals surface area (Å²) < 4.78 is 0. The molecule has 3 heteroatoms. The van der Waals surface area contributed by atoms with Gasteiger partial charge in [0.1, 0.15) is 0 Å². The molecule has 0 bridgehead atoms. The number of hydrogen-bond donors (Lipinski definition) is 1. The summed E-state index contributed by atoms with van der Waals surface area (Å²) in [5, 5.41) is 3.46. The lowest BCUT2D eigenvalue weighted by atomic mass is 9.86. The average Bonchev–Trinajstić information content (AvgIpc) is 2.32. The fraction of sp³-hybridized carbons (Fsp3) is 0.500. The number of rotatable bonds is 1. The first kappa shape index (κ1) is 10.8. The van der Waals surface area contributed by atoms with Crippen LogP contribution in [0.5, 0.6) is 0 Å². The lowest BCUT2D eigenvalue weighted by molar-refractivity contribution is -0.118.